The summed E-state index contributed by atoms with van der Waals surface area (Å²) in [6, 6.07) is 14.2. The van der Waals surface area contributed by atoms with Gasteiger partial charge in [-0.1, -0.05) is 35.5 Å². The molecule has 0 aliphatic carbocycles. The summed E-state index contributed by atoms with van der Waals surface area (Å²) in [6.45, 7) is 9.94. The number of thioether (sulfide) groups is 1. The number of tetrazole rings is 1. The van der Waals surface area contributed by atoms with Crippen LogP contribution in [0.5, 0.6) is 0 Å². The van der Waals surface area contributed by atoms with E-state index in [-0.39, 0.29) is 11.7 Å². The monoisotopic (exact) mass is 447 g/mol. The van der Waals surface area contributed by atoms with Crippen LogP contribution in [0.25, 0.3) is 11.4 Å². The lowest BCUT2D eigenvalue weighted by Crippen LogP contribution is -2.16. The number of carbonyl (C=O) groups excluding carboxylic acids is 1. The topological polar surface area (TPSA) is 90.5 Å². The van der Waals surface area contributed by atoms with Crippen molar-refractivity contribution < 1.29 is 4.79 Å². The van der Waals surface area contributed by atoms with Crippen LogP contribution in [0, 0.1) is 34.6 Å². The lowest BCUT2D eigenvalue weighted by molar-refractivity contribution is -0.113. The number of carbonyl (C=O) groups is 1. The third-order valence-electron chi connectivity index (χ3n) is 5.06. The van der Waals surface area contributed by atoms with Gasteiger partial charge in [0, 0.05) is 0 Å². The molecule has 0 unspecified atom stereocenters. The summed E-state index contributed by atoms with van der Waals surface area (Å²) in [5.74, 6) is 0.0411. The predicted octanol–water partition coefficient (Wildman–Crippen LogP) is 4.12. The summed E-state index contributed by atoms with van der Waals surface area (Å²) in [4.78, 5) is 12.7. The second-order valence-electron chi connectivity index (χ2n) is 7.85. The second kappa shape index (κ2) is 8.96. The molecule has 0 spiro atoms. The zero-order chi connectivity index (χ0) is 22.8. The van der Waals surface area contributed by atoms with E-state index in [2.05, 4.69) is 32.0 Å². The van der Waals surface area contributed by atoms with Gasteiger partial charge in [-0.15, -0.1) is 5.10 Å². The normalized spacial score (nSPS) is 11.0. The van der Waals surface area contributed by atoms with Gasteiger partial charge in [-0.25, -0.2) is 4.68 Å². The second-order valence-corrected chi connectivity index (χ2v) is 8.79. The Morgan fingerprint density at radius 2 is 1.59 bits per heavy atom. The SMILES string of the molecule is Cc1ccc(-n2nc(C)c(NC(=O)CSc3nnnn3-c3cc(C)cc(C)c3)c2C)cc1. The largest absolute Gasteiger partial charge is 0.322 e. The Morgan fingerprint density at radius 3 is 2.28 bits per heavy atom. The number of anilines is 1. The minimum atomic E-state index is -0.139. The van der Waals surface area contributed by atoms with Gasteiger partial charge in [0.1, 0.15) is 0 Å². The molecule has 0 radical (unpaired) electrons. The van der Waals surface area contributed by atoms with Crippen LogP contribution in [0.15, 0.2) is 47.6 Å². The summed E-state index contributed by atoms with van der Waals surface area (Å²) in [6.07, 6.45) is 0. The fraction of sp³-hybridized carbons (Fsp3) is 0.261. The summed E-state index contributed by atoms with van der Waals surface area (Å²) in [5.41, 5.74) is 7.64. The average molecular weight is 448 g/mol. The van der Waals surface area contributed by atoms with Gasteiger partial charge >= 0.3 is 0 Å². The Morgan fingerprint density at radius 1 is 0.906 bits per heavy atom. The summed E-state index contributed by atoms with van der Waals surface area (Å²) in [7, 11) is 0. The van der Waals surface area contributed by atoms with E-state index in [1.807, 2.05) is 75.7 Å². The Bertz CT molecular complexity index is 1250. The molecule has 8 nitrogen and oxygen atoms in total. The van der Waals surface area contributed by atoms with Gasteiger partial charge in [-0.05, 0) is 80.4 Å². The van der Waals surface area contributed by atoms with Crippen molar-refractivity contribution in [2.45, 2.75) is 39.8 Å². The molecular weight excluding hydrogens is 422 g/mol. The summed E-state index contributed by atoms with van der Waals surface area (Å²) in [5, 5.41) is 20.1. The van der Waals surface area contributed by atoms with Crippen molar-refractivity contribution in [3.05, 3.63) is 70.5 Å². The number of nitrogens with zero attached hydrogens (tertiary/aromatic N) is 6. The molecular formula is C23H25N7OS. The van der Waals surface area contributed by atoms with Gasteiger partial charge in [0.05, 0.1) is 34.2 Å². The molecule has 0 bridgehead atoms. The Labute approximate surface area is 191 Å². The molecule has 2 aromatic heterocycles. The summed E-state index contributed by atoms with van der Waals surface area (Å²) < 4.78 is 3.50. The zero-order valence-corrected chi connectivity index (χ0v) is 19.6. The molecule has 0 fully saturated rings. The van der Waals surface area contributed by atoms with Crippen molar-refractivity contribution >= 4 is 23.4 Å². The molecule has 4 rings (SSSR count). The number of amides is 1. The quantitative estimate of drug-likeness (QED) is 0.447. The molecule has 9 heteroatoms. The number of hydrogen-bond acceptors (Lipinski definition) is 6. The fourth-order valence-corrected chi connectivity index (χ4v) is 4.26. The van der Waals surface area contributed by atoms with Crippen molar-refractivity contribution in [2.24, 2.45) is 0 Å². The zero-order valence-electron chi connectivity index (χ0n) is 18.7. The fourth-order valence-electron chi connectivity index (χ4n) is 3.57. The van der Waals surface area contributed by atoms with Gasteiger partial charge in [0.2, 0.25) is 11.1 Å². The molecule has 32 heavy (non-hydrogen) atoms. The van der Waals surface area contributed by atoms with E-state index in [1.165, 1.54) is 17.3 Å². The van der Waals surface area contributed by atoms with Crippen molar-refractivity contribution in [1.82, 2.24) is 30.0 Å². The van der Waals surface area contributed by atoms with Crippen LogP contribution in [0.3, 0.4) is 0 Å². The smallest absolute Gasteiger partial charge is 0.234 e. The van der Waals surface area contributed by atoms with Crippen molar-refractivity contribution in [3.8, 4) is 11.4 Å². The summed E-state index contributed by atoms with van der Waals surface area (Å²) >= 11 is 1.29. The van der Waals surface area contributed by atoms with Crippen molar-refractivity contribution in [3.63, 3.8) is 0 Å². The first kappa shape index (κ1) is 21.8. The first-order chi connectivity index (χ1) is 15.3. The van der Waals surface area contributed by atoms with Crippen molar-refractivity contribution in [1.29, 1.82) is 0 Å². The van der Waals surface area contributed by atoms with E-state index in [9.17, 15) is 4.79 Å². The van der Waals surface area contributed by atoms with Crippen LogP contribution in [0.4, 0.5) is 5.69 Å². The van der Waals surface area contributed by atoms with E-state index < -0.39 is 0 Å². The number of nitrogens with one attached hydrogen (secondary N) is 1. The Hall–Kier alpha value is -3.46. The highest BCUT2D eigenvalue weighted by Gasteiger charge is 2.17. The number of benzene rings is 2. The van der Waals surface area contributed by atoms with Gasteiger partial charge in [-0.2, -0.15) is 9.78 Å². The maximum absolute atomic E-state index is 12.7. The third kappa shape index (κ3) is 4.57. The van der Waals surface area contributed by atoms with Gasteiger partial charge in [-0.3, -0.25) is 4.79 Å². The molecule has 1 amide bonds. The molecule has 0 aliphatic heterocycles. The third-order valence-corrected chi connectivity index (χ3v) is 5.98. The van der Waals surface area contributed by atoms with Crippen molar-refractivity contribution in [2.75, 3.05) is 11.1 Å². The van der Waals surface area contributed by atoms with Crippen LogP contribution in [-0.2, 0) is 4.79 Å². The van der Waals surface area contributed by atoms with Crippen LogP contribution in [-0.4, -0.2) is 41.6 Å². The number of rotatable bonds is 6. The van der Waals surface area contributed by atoms with Gasteiger partial charge < -0.3 is 5.32 Å². The first-order valence-electron chi connectivity index (χ1n) is 10.2. The highest BCUT2D eigenvalue weighted by atomic mass is 32.2. The lowest BCUT2D eigenvalue weighted by Gasteiger charge is -2.08. The standard InChI is InChI=1S/C23H25N7OS/c1-14-6-8-19(9-7-14)29-18(5)22(17(4)26-29)24-21(31)13-32-23-25-27-28-30(23)20-11-15(2)10-16(3)12-20/h6-12H,13H2,1-5H3,(H,24,31). The van der Waals surface area contributed by atoms with E-state index >= 15 is 0 Å². The molecule has 2 aromatic carbocycles. The van der Waals surface area contributed by atoms with Crippen LogP contribution >= 0.6 is 11.8 Å². The highest BCUT2D eigenvalue weighted by molar-refractivity contribution is 7.99. The lowest BCUT2D eigenvalue weighted by atomic mass is 10.1. The molecule has 0 atom stereocenters. The maximum Gasteiger partial charge on any atom is 0.234 e. The molecule has 164 valence electrons. The van der Waals surface area contributed by atoms with Gasteiger partial charge in [0.25, 0.3) is 0 Å². The number of aryl methyl sites for hydroxylation is 4. The van der Waals surface area contributed by atoms with E-state index in [0.717, 1.165) is 39.6 Å². The molecule has 2 heterocycles. The first-order valence-corrected chi connectivity index (χ1v) is 11.2. The van der Waals surface area contributed by atoms with Crippen LogP contribution in [0.1, 0.15) is 28.1 Å². The molecule has 0 saturated heterocycles. The number of aromatic nitrogens is 6. The molecule has 1 N–H and O–H groups in total. The van der Waals surface area contributed by atoms with Crippen LogP contribution < -0.4 is 5.32 Å². The molecule has 0 aliphatic rings. The van der Waals surface area contributed by atoms with E-state index in [0.29, 0.717) is 5.16 Å². The Kier molecular flexibility index (Phi) is 6.09. The Balaban J connectivity index is 1.47. The van der Waals surface area contributed by atoms with Crippen LogP contribution in [0.2, 0.25) is 0 Å². The minimum Gasteiger partial charge on any atom is -0.322 e. The van der Waals surface area contributed by atoms with E-state index in [4.69, 9.17) is 0 Å². The minimum absolute atomic E-state index is 0.139. The number of hydrogen-bond donors (Lipinski definition) is 1. The average Bonchev–Trinajstić information content (AvgIpc) is 3.32. The molecule has 4 aromatic rings. The maximum atomic E-state index is 12.7. The highest BCUT2D eigenvalue weighted by Crippen LogP contribution is 2.24. The van der Waals surface area contributed by atoms with E-state index in [1.54, 1.807) is 4.68 Å². The molecule has 0 saturated carbocycles. The predicted molar refractivity (Wildman–Crippen MR) is 126 cm³/mol. The van der Waals surface area contributed by atoms with Gasteiger partial charge in [0.15, 0.2) is 0 Å².